The molecule has 0 aliphatic carbocycles. The van der Waals surface area contributed by atoms with E-state index < -0.39 is 0 Å². The molecule has 1 aromatic rings. The van der Waals surface area contributed by atoms with Crippen LogP contribution in [-0.2, 0) is 16.6 Å². The molecule has 0 aromatic heterocycles. The molecule has 16 heavy (non-hydrogen) atoms. The smallest absolute Gasteiger partial charge is 0.122 e. The number of phenols is 1. The third-order valence-electron chi connectivity index (χ3n) is 2.72. The minimum absolute atomic E-state index is 0.0298. The van der Waals surface area contributed by atoms with Crippen LogP contribution < -0.4 is 0 Å². The van der Waals surface area contributed by atoms with Crippen LogP contribution in [0.5, 0.6) is 5.75 Å². The van der Waals surface area contributed by atoms with E-state index in [0.717, 1.165) is 17.5 Å². The Balaban J connectivity index is 3.16. The molecule has 0 unspecified atom stereocenters. The minimum atomic E-state index is -0.0298. The van der Waals surface area contributed by atoms with E-state index >= 15 is 0 Å². The summed E-state index contributed by atoms with van der Waals surface area (Å²) in [5.41, 5.74) is 3.15. The second-order valence-corrected chi connectivity index (χ2v) is 5.31. The van der Waals surface area contributed by atoms with Crippen molar-refractivity contribution in [2.45, 2.75) is 39.5 Å². The van der Waals surface area contributed by atoms with Gasteiger partial charge >= 0.3 is 0 Å². The lowest BCUT2D eigenvalue weighted by atomic mass is 9.84. The molecule has 0 spiro atoms. The van der Waals surface area contributed by atoms with Crippen LogP contribution >= 0.6 is 0 Å². The second-order valence-electron chi connectivity index (χ2n) is 5.31. The number of benzene rings is 1. The standard InChI is InChI=1S/C14H22O2/c1-10-8-11(6-7-16-5)13(15)12(9-10)14(2,3)4/h8-9,15H,6-7H2,1-5H3. The predicted molar refractivity (Wildman–Crippen MR) is 67.1 cm³/mol. The van der Waals surface area contributed by atoms with Crippen molar-refractivity contribution in [2.75, 3.05) is 13.7 Å². The lowest BCUT2D eigenvalue weighted by Crippen LogP contribution is -2.13. The molecule has 1 rings (SSSR count). The highest BCUT2D eigenvalue weighted by Crippen LogP contribution is 2.34. The Hall–Kier alpha value is -1.02. The monoisotopic (exact) mass is 222 g/mol. The van der Waals surface area contributed by atoms with Gasteiger partial charge in [0.05, 0.1) is 6.61 Å². The topological polar surface area (TPSA) is 29.5 Å². The van der Waals surface area contributed by atoms with E-state index in [0.29, 0.717) is 12.4 Å². The van der Waals surface area contributed by atoms with Gasteiger partial charge in [0.1, 0.15) is 5.75 Å². The van der Waals surface area contributed by atoms with Crippen LogP contribution in [0.4, 0.5) is 0 Å². The SMILES string of the molecule is COCCc1cc(C)cc(C(C)(C)C)c1O. The lowest BCUT2D eigenvalue weighted by Gasteiger charge is -2.22. The first-order chi connectivity index (χ1) is 7.36. The zero-order valence-electron chi connectivity index (χ0n) is 10.9. The predicted octanol–water partition coefficient (Wildman–Crippen LogP) is 3.19. The molecule has 0 radical (unpaired) electrons. The molecule has 90 valence electrons. The van der Waals surface area contributed by atoms with Crippen LogP contribution in [0, 0.1) is 6.92 Å². The Morgan fingerprint density at radius 2 is 1.88 bits per heavy atom. The lowest BCUT2D eigenvalue weighted by molar-refractivity contribution is 0.201. The Kier molecular flexibility index (Phi) is 3.98. The molecular weight excluding hydrogens is 200 g/mol. The number of hydrogen-bond donors (Lipinski definition) is 1. The first-order valence-corrected chi connectivity index (χ1v) is 5.68. The van der Waals surface area contributed by atoms with Gasteiger partial charge in [-0.05, 0) is 29.9 Å². The summed E-state index contributed by atoms with van der Waals surface area (Å²) in [4.78, 5) is 0. The normalized spacial score (nSPS) is 11.8. The number of aryl methyl sites for hydroxylation is 1. The van der Waals surface area contributed by atoms with Crippen molar-refractivity contribution in [3.63, 3.8) is 0 Å². The Bertz CT molecular complexity index is 362. The summed E-state index contributed by atoms with van der Waals surface area (Å²) < 4.78 is 5.06. The zero-order valence-corrected chi connectivity index (χ0v) is 10.9. The summed E-state index contributed by atoms with van der Waals surface area (Å²) in [6.45, 7) is 9.04. The molecule has 0 fully saturated rings. The van der Waals surface area contributed by atoms with Gasteiger partial charge in [-0.2, -0.15) is 0 Å². The molecule has 2 heteroatoms. The van der Waals surface area contributed by atoms with Crippen LogP contribution in [0.3, 0.4) is 0 Å². The van der Waals surface area contributed by atoms with Gasteiger partial charge < -0.3 is 9.84 Å². The number of phenolic OH excluding ortho intramolecular Hbond substituents is 1. The van der Waals surface area contributed by atoms with Gasteiger partial charge in [-0.25, -0.2) is 0 Å². The summed E-state index contributed by atoms with van der Waals surface area (Å²) in [5, 5.41) is 10.2. The fraction of sp³-hybridized carbons (Fsp3) is 0.571. The van der Waals surface area contributed by atoms with Gasteiger partial charge in [0.2, 0.25) is 0 Å². The largest absolute Gasteiger partial charge is 0.507 e. The molecule has 0 aliphatic heterocycles. The Labute approximate surface area is 98.3 Å². The summed E-state index contributed by atoms with van der Waals surface area (Å²) in [6, 6.07) is 4.09. The fourth-order valence-corrected chi connectivity index (χ4v) is 1.83. The molecule has 1 aromatic carbocycles. The number of ether oxygens (including phenoxy) is 1. The van der Waals surface area contributed by atoms with Crippen molar-refractivity contribution in [1.29, 1.82) is 0 Å². The Morgan fingerprint density at radius 3 is 2.38 bits per heavy atom. The van der Waals surface area contributed by atoms with Crippen LogP contribution in [0.1, 0.15) is 37.5 Å². The Morgan fingerprint density at radius 1 is 1.25 bits per heavy atom. The maximum absolute atomic E-state index is 10.2. The quantitative estimate of drug-likeness (QED) is 0.851. The van der Waals surface area contributed by atoms with Gasteiger partial charge in [0, 0.05) is 7.11 Å². The van der Waals surface area contributed by atoms with Gasteiger partial charge in [-0.3, -0.25) is 0 Å². The second kappa shape index (κ2) is 4.88. The number of rotatable bonds is 3. The maximum Gasteiger partial charge on any atom is 0.122 e. The van der Waals surface area contributed by atoms with Gasteiger partial charge in [0.25, 0.3) is 0 Å². The van der Waals surface area contributed by atoms with Crippen LogP contribution in [0.2, 0.25) is 0 Å². The molecule has 0 atom stereocenters. The highest BCUT2D eigenvalue weighted by Gasteiger charge is 2.20. The minimum Gasteiger partial charge on any atom is -0.507 e. The van der Waals surface area contributed by atoms with E-state index in [1.165, 1.54) is 5.56 Å². The van der Waals surface area contributed by atoms with E-state index in [-0.39, 0.29) is 5.41 Å². The molecule has 0 heterocycles. The number of methoxy groups -OCH3 is 1. The average Bonchev–Trinajstić information content (AvgIpc) is 2.17. The first kappa shape index (κ1) is 13.0. The van der Waals surface area contributed by atoms with Crippen LogP contribution in [0.25, 0.3) is 0 Å². The van der Waals surface area contributed by atoms with E-state index in [9.17, 15) is 5.11 Å². The molecule has 1 N–H and O–H groups in total. The molecule has 0 aliphatic rings. The number of hydrogen-bond acceptors (Lipinski definition) is 2. The molecule has 0 saturated carbocycles. The highest BCUT2D eigenvalue weighted by atomic mass is 16.5. The summed E-state index contributed by atoms with van der Waals surface area (Å²) in [7, 11) is 1.68. The fourth-order valence-electron chi connectivity index (χ4n) is 1.83. The third-order valence-corrected chi connectivity index (χ3v) is 2.72. The van der Waals surface area contributed by atoms with Crippen molar-refractivity contribution in [1.82, 2.24) is 0 Å². The molecule has 2 nitrogen and oxygen atoms in total. The van der Waals surface area contributed by atoms with Crippen molar-refractivity contribution in [3.05, 3.63) is 28.8 Å². The summed E-state index contributed by atoms with van der Waals surface area (Å²) in [6.07, 6.45) is 0.757. The van der Waals surface area contributed by atoms with E-state index in [1.54, 1.807) is 7.11 Å². The molecular formula is C14H22O2. The van der Waals surface area contributed by atoms with Crippen molar-refractivity contribution in [2.24, 2.45) is 0 Å². The van der Waals surface area contributed by atoms with Crippen LogP contribution in [-0.4, -0.2) is 18.8 Å². The molecule has 0 saturated heterocycles. The van der Waals surface area contributed by atoms with Crippen molar-refractivity contribution in [3.8, 4) is 5.75 Å². The van der Waals surface area contributed by atoms with Crippen molar-refractivity contribution < 1.29 is 9.84 Å². The zero-order chi connectivity index (χ0) is 12.3. The first-order valence-electron chi connectivity index (χ1n) is 5.68. The summed E-state index contributed by atoms with van der Waals surface area (Å²) in [5.74, 6) is 0.426. The highest BCUT2D eigenvalue weighted by molar-refractivity contribution is 5.46. The molecule has 0 bridgehead atoms. The van der Waals surface area contributed by atoms with E-state index in [2.05, 4.69) is 33.8 Å². The third kappa shape index (κ3) is 2.99. The van der Waals surface area contributed by atoms with E-state index in [1.807, 2.05) is 6.07 Å². The van der Waals surface area contributed by atoms with Gasteiger partial charge in [-0.1, -0.05) is 38.5 Å². The number of aromatic hydroxyl groups is 1. The maximum atomic E-state index is 10.2. The van der Waals surface area contributed by atoms with E-state index in [4.69, 9.17) is 4.74 Å². The average molecular weight is 222 g/mol. The van der Waals surface area contributed by atoms with Crippen molar-refractivity contribution >= 4 is 0 Å². The van der Waals surface area contributed by atoms with Gasteiger partial charge in [-0.15, -0.1) is 0 Å². The van der Waals surface area contributed by atoms with Gasteiger partial charge in [0.15, 0.2) is 0 Å². The summed E-state index contributed by atoms with van der Waals surface area (Å²) >= 11 is 0. The van der Waals surface area contributed by atoms with Crippen LogP contribution in [0.15, 0.2) is 12.1 Å². The molecule has 0 amide bonds.